The molecule has 0 saturated heterocycles. The second kappa shape index (κ2) is 8.44. The number of carbonyl (C=O) groups is 1. The monoisotopic (exact) mass is 368 g/mol. The Kier molecular flexibility index (Phi) is 6.57. The fourth-order valence-electron chi connectivity index (χ4n) is 2.64. The lowest BCUT2D eigenvalue weighted by Gasteiger charge is -2.28. The van der Waals surface area contributed by atoms with Crippen LogP contribution in [0.2, 0.25) is 0 Å². The van der Waals surface area contributed by atoms with Crippen molar-refractivity contribution in [3.05, 3.63) is 35.9 Å². The molecule has 0 spiro atoms. The zero-order valence-corrected chi connectivity index (χ0v) is 15.3. The Morgan fingerprint density at radius 3 is 2.75 bits per heavy atom. The summed E-state index contributed by atoms with van der Waals surface area (Å²) in [4.78, 5) is 18.7. The molecule has 0 saturated carbocycles. The van der Waals surface area contributed by atoms with Crippen molar-refractivity contribution in [3.8, 4) is 0 Å². The minimum Gasteiger partial charge on any atom is -0.488 e. The van der Waals surface area contributed by atoms with Gasteiger partial charge in [0, 0.05) is 12.0 Å². The molecule has 1 aromatic rings. The van der Waals surface area contributed by atoms with Gasteiger partial charge in [-0.3, -0.25) is 4.79 Å². The van der Waals surface area contributed by atoms with Crippen molar-refractivity contribution in [3.63, 3.8) is 0 Å². The summed E-state index contributed by atoms with van der Waals surface area (Å²) in [6.07, 6.45) is 1.86. The molecule has 1 unspecified atom stereocenters. The summed E-state index contributed by atoms with van der Waals surface area (Å²) in [6.45, 7) is 2.02. The maximum absolute atomic E-state index is 13.1. The molecule has 1 aromatic carbocycles. The molecule has 5 nitrogen and oxygen atoms in total. The highest BCUT2D eigenvalue weighted by atomic mass is 35.5. The first-order chi connectivity index (χ1) is 11.6. The molecule has 1 aliphatic heterocycles. The van der Waals surface area contributed by atoms with Crippen LogP contribution in [0, 0.1) is 0 Å². The predicted octanol–water partition coefficient (Wildman–Crippen LogP) is 3.16. The molecule has 0 fully saturated rings. The number of nitrogens with one attached hydrogen (secondary N) is 1. The average molecular weight is 369 g/mol. The first kappa shape index (κ1) is 18.7. The van der Waals surface area contributed by atoms with Gasteiger partial charge in [0.25, 0.3) is 5.91 Å². The molecular weight excluding hydrogens is 348 g/mol. The first-order valence-corrected chi connectivity index (χ1v) is 8.76. The van der Waals surface area contributed by atoms with Crippen LogP contribution in [0.25, 0.3) is 0 Å². The molecule has 1 aliphatic rings. The Morgan fingerprint density at radius 1 is 1.50 bits per heavy atom. The zero-order valence-electron chi connectivity index (χ0n) is 13.8. The summed E-state index contributed by atoms with van der Waals surface area (Å²) in [6, 6.07) is 8.93. The van der Waals surface area contributed by atoms with Crippen molar-refractivity contribution in [2.75, 3.05) is 13.0 Å². The van der Waals surface area contributed by atoms with Gasteiger partial charge in [-0.15, -0.1) is 11.6 Å². The van der Waals surface area contributed by atoms with E-state index in [-0.39, 0.29) is 17.8 Å². The molecule has 2 atom stereocenters. The van der Waals surface area contributed by atoms with E-state index in [1.807, 2.05) is 37.3 Å². The van der Waals surface area contributed by atoms with E-state index in [2.05, 4.69) is 10.5 Å². The lowest BCUT2D eigenvalue weighted by Crippen LogP contribution is -2.51. The molecule has 1 heterocycles. The van der Waals surface area contributed by atoms with E-state index in [1.54, 1.807) is 0 Å². The third kappa shape index (κ3) is 3.87. The van der Waals surface area contributed by atoms with Gasteiger partial charge in [-0.2, -0.15) is 0 Å². The van der Waals surface area contributed by atoms with Gasteiger partial charge in [0.2, 0.25) is 5.60 Å². The molecular formula is C17H21ClN2O3S. The van der Waals surface area contributed by atoms with Crippen molar-refractivity contribution < 1.29 is 14.4 Å². The molecule has 2 rings (SSSR count). The number of carbonyl (C=O) groups excluding carboxylic acids is 1. The minimum atomic E-state index is -1.22. The van der Waals surface area contributed by atoms with Gasteiger partial charge < -0.3 is 14.9 Å². The lowest BCUT2D eigenvalue weighted by molar-refractivity contribution is -0.145. The van der Waals surface area contributed by atoms with E-state index >= 15 is 0 Å². The highest BCUT2D eigenvalue weighted by molar-refractivity contribution is 7.80. The van der Waals surface area contributed by atoms with Gasteiger partial charge in [0.15, 0.2) is 5.05 Å². The van der Waals surface area contributed by atoms with E-state index in [0.717, 1.165) is 12.0 Å². The average Bonchev–Trinajstić information content (AvgIpc) is 3.07. The van der Waals surface area contributed by atoms with Crippen molar-refractivity contribution in [1.29, 1.82) is 0 Å². The number of rotatable bonds is 7. The Bertz CT molecular complexity index is 624. The zero-order chi connectivity index (χ0) is 17.6. The normalized spacial score (nSPS) is 20.7. The summed E-state index contributed by atoms with van der Waals surface area (Å²) < 4.78 is 5.14. The quantitative estimate of drug-likeness (QED) is 0.593. The first-order valence-electron chi connectivity index (χ1n) is 7.81. The van der Waals surface area contributed by atoms with Gasteiger partial charge in [-0.05, 0) is 18.6 Å². The fourth-order valence-corrected chi connectivity index (χ4v) is 2.96. The molecule has 24 heavy (non-hydrogen) atoms. The van der Waals surface area contributed by atoms with Gasteiger partial charge in [-0.1, -0.05) is 48.8 Å². The van der Waals surface area contributed by atoms with E-state index in [9.17, 15) is 4.79 Å². The number of hydrogen-bond acceptors (Lipinski definition) is 5. The third-order valence-electron chi connectivity index (χ3n) is 3.91. The number of methoxy groups -OCH3 is 1. The van der Waals surface area contributed by atoms with E-state index in [1.165, 1.54) is 7.11 Å². The van der Waals surface area contributed by atoms with Crippen LogP contribution in [0.4, 0.5) is 0 Å². The third-order valence-corrected chi connectivity index (χ3v) is 4.67. The Balaban J connectivity index is 2.28. The van der Waals surface area contributed by atoms with Crippen LogP contribution < -0.4 is 5.32 Å². The number of hydrogen-bond donors (Lipinski definition) is 1. The van der Waals surface area contributed by atoms with Crippen LogP contribution in [0.3, 0.4) is 0 Å². The number of benzene rings is 1. The molecule has 0 bridgehead atoms. The lowest BCUT2D eigenvalue weighted by atomic mass is 9.88. The van der Waals surface area contributed by atoms with E-state index < -0.39 is 5.60 Å². The number of oxime groups is 1. The van der Waals surface area contributed by atoms with E-state index in [4.69, 9.17) is 33.4 Å². The van der Waals surface area contributed by atoms with Crippen LogP contribution in [0.5, 0.6) is 0 Å². The minimum absolute atomic E-state index is 0.219. The van der Waals surface area contributed by atoms with Crippen LogP contribution in [0.1, 0.15) is 31.7 Å². The number of nitrogens with zero attached hydrogens (tertiary/aromatic N) is 1. The number of alkyl halides is 1. The van der Waals surface area contributed by atoms with Crippen LogP contribution >= 0.6 is 23.8 Å². The van der Waals surface area contributed by atoms with Crippen molar-refractivity contribution >= 4 is 40.5 Å². The van der Waals surface area contributed by atoms with Crippen LogP contribution in [-0.4, -0.2) is 35.7 Å². The highest BCUT2D eigenvalue weighted by Gasteiger charge is 2.48. The molecule has 7 heteroatoms. The van der Waals surface area contributed by atoms with Crippen molar-refractivity contribution in [1.82, 2.24) is 5.32 Å². The summed E-state index contributed by atoms with van der Waals surface area (Å²) in [5, 5.41) is 7.28. The molecule has 1 amide bonds. The Morgan fingerprint density at radius 2 is 2.21 bits per heavy atom. The number of thiocarbonyl (C=S) groups is 1. The van der Waals surface area contributed by atoms with Gasteiger partial charge >= 0.3 is 0 Å². The Hall–Kier alpha value is -1.66. The fraction of sp³-hybridized carbons (Fsp3) is 0.471. The maximum atomic E-state index is 13.1. The van der Waals surface area contributed by atoms with Crippen LogP contribution in [-0.2, 0) is 20.0 Å². The van der Waals surface area contributed by atoms with Crippen molar-refractivity contribution in [2.45, 2.75) is 37.8 Å². The second-order valence-electron chi connectivity index (χ2n) is 5.59. The second-order valence-corrected chi connectivity index (χ2v) is 6.26. The largest absolute Gasteiger partial charge is 0.488 e. The van der Waals surface area contributed by atoms with Gasteiger partial charge in [-0.25, -0.2) is 0 Å². The van der Waals surface area contributed by atoms with Crippen molar-refractivity contribution in [2.24, 2.45) is 5.16 Å². The number of ether oxygens (including phenoxy) is 1. The van der Waals surface area contributed by atoms with Gasteiger partial charge in [0.1, 0.15) is 0 Å². The summed E-state index contributed by atoms with van der Waals surface area (Å²) in [5.41, 5.74) is 0.142. The number of halogens is 1. The topological polar surface area (TPSA) is 59.9 Å². The molecule has 0 aliphatic carbocycles. The van der Waals surface area contributed by atoms with E-state index in [0.29, 0.717) is 23.6 Å². The SMILES string of the molecule is CCC[C@H](NC(=O)C1(c2ccccc2)CC(CCl)=NO1)C(=S)OC. The maximum Gasteiger partial charge on any atom is 0.272 e. The molecule has 0 radical (unpaired) electrons. The molecule has 0 aromatic heterocycles. The van der Waals surface area contributed by atoms with Gasteiger partial charge in [0.05, 0.1) is 24.7 Å². The molecule has 1 N–H and O–H groups in total. The standard InChI is InChI=1S/C17H21ClN2O3S/c1-3-7-14(15(24)22-2)19-16(21)17(10-13(11-18)20-23-17)12-8-5-4-6-9-12/h4-6,8-9,14H,3,7,10-11H2,1-2H3,(H,19,21)/t14-,17?/m0/s1. The Labute approximate surface area is 152 Å². The number of amides is 1. The highest BCUT2D eigenvalue weighted by Crippen LogP contribution is 2.35. The summed E-state index contributed by atoms with van der Waals surface area (Å²) in [5.74, 6) is -0.0769. The smallest absolute Gasteiger partial charge is 0.272 e. The van der Waals surface area contributed by atoms with Crippen LogP contribution in [0.15, 0.2) is 35.5 Å². The molecule has 130 valence electrons. The predicted molar refractivity (Wildman–Crippen MR) is 98.4 cm³/mol. The summed E-state index contributed by atoms with van der Waals surface area (Å²) >= 11 is 11.1. The summed E-state index contributed by atoms with van der Waals surface area (Å²) in [7, 11) is 1.50.